The van der Waals surface area contributed by atoms with Crippen molar-refractivity contribution in [2.24, 2.45) is 5.73 Å². The number of nitrogens with zero attached hydrogens (tertiary/aromatic N) is 3. The van der Waals surface area contributed by atoms with Crippen LogP contribution in [0.1, 0.15) is 49.1 Å². The second-order valence-corrected chi connectivity index (χ2v) is 15.0. The highest BCUT2D eigenvalue weighted by Gasteiger charge is 2.40. The fourth-order valence-electron chi connectivity index (χ4n) is 7.16. The van der Waals surface area contributed by atoms with E-state index in [4.69, 9.17) is 34.4 Å². The smallest absolute Gasteiger partial charge is 0.241 e. The average Bonchev–Trinajstić information content (AvgIpc) is 3.44. The number of methoxy groups -OCH3 is 1. The summed E-state index contributed by atoms with van der Waals surface area (Å²) >= 11 is 0. The number of nitrogens with one attached hydrogen (secondary N) is 2. The zero-order chi connectivity index (χ0) is 39.0. The number of primary amides is 1. The topological polar surface area (TPSA) is 150 Å². The number of aromatic nitrogens is 1. The van der Waals surface area contributed by atoms with Gasteiger partial charge in [-0.2, -0.15) is 0 Å². The van der Waals surface area contributed by atoms with E-state index in [0.29, 0.717) is 91.5 Å². The van der Waals surface area contributed by atoms with E-state index in [9.17, 15) is 9.59 Å². The maximum atomic E-state index is 13.9. The molecule has 5 rings (SSSR count). The highest BCUT2D eigenvalue weighted by atomic mass is 16.6. The van der Waals surface area contributed by atoms with E-state index in [1.165, 1.54) is 0 Å². The molecule has 1 aromatic heterocycles. The third-order valence-corrected chi connectivity index (χ3v) is 10.0. The Morgan fingerprint density at radius 2 is 1.67 bits per heavy atom. The van der Waals surface area contributed by atoms with Gasteiger partial charge in [-0.25, -0.2) is 0 Å². The van der Waals surface area contributed by atoms with Crippen LogP contribution in [-0.2, 0) is 40.4 Å². The van der Waals surface area contributed by atoms with E-state index < -0.39 is 0 Å². The van der Waals surface area contributed by atoms with Crippen LogP contribution < -0.4 is 26.0 Å². The maximum absolute atomic E-state index is 13.9. The Morgan fingerprint density at radius 1 is 0.982 bits per heavy atom. The summed E-state index contributed by atoms with van der Waals surface area (Å²) in [6, 6.07) is 20.1. The van der Waals surface area contributed by atoms with Gasteiger partial charge in [-0.15, -0.1) is 0 Å². The van der Waals surface area contributed by atoms with Crippen LogP contribution in [0.2, 0.25) is 0 Å². The largest absolute Gasteiger partial charge is 0.491 e. The average molecular weight is 761 g/mol. The Balaban J connectivity index is 0.994. The van der Waals surface area contributed by atoms with E-state index in [1.54, 1.807) is 7.11 Å². The fraction of sp³-hybridized carbons (Fsp3) is 0.548. The first-order valence-corrected chi connectivity index (χ1v) is 19.4. The number of carbonyl (C=O) groups is 2. The third-order valence-electron chi connectivity index (χ3n) is 10.0. The molecule has 4 N–H and O–H groups in total. The molecule has 3 aromatic rings. The second-order valence-electron chi connectivity index (χ2n) is 15.0. The zero-order valence-corrected chi connectivity index (χ0v) is 33.0. The third kappa shape index (κ3) is 12.5. The molecule has 300 valence electrons. The number of amides is 2. The number of rotatable bonds is 23. The number of carbonyl (C=O) groups excluding carboxylic acids is 2. The van der Waals surface area contributed by atoms with Crippen LogP contribution >= 0.6 is 0 Å². The predicted molar refractivity (Wildman–Crippen MR) is 213 cm³/mol. The van der Waals surface area contributed by atoms with Crippen molar-refractivity contribution in [3.8, 4) is 5.75 Å². The summed E-state index contributed by atoms with van der Waals surface area (Å²) in [5.74, 6) is 0.161. The molecule has 2 aliphatic rings. The molecule has 3 heterocycles. The van der Waals surface area contributed by atoms with Gasteiger partial charge in [0, 0.05) is 69.9 Å². The minimum absolute atomic E-state index is 0.0869. The maximum Gasteiger partial charge on any atom is 0.241 e. The molecule has 2 aromatic carbocycles. The molecule has 2 aliphatic heterocycles. The first-order valence-electron chi connectivity index (χ1n) is 19.4. The molecule has 55 heavy (non-hydrogen) atoms. The van der Waals surface area contributed by atoms with Gasteiger partial charge in [0.25, 0.3) is 0 Å². The summed E-state index contributed by atoms with van der Waals surface area (Å²) in [6.07, 6.45) is 2.55. The first-order chi connectivity index (χ1) is 26.7. The predicted octanol–water partition coefficient (Wildman–Crippen LogP) is 2.89. The van der Waals surface area contributed by atoms with E-state index in [2.05, 4.69) is 48.4 Å². The van der Waals surface area contributed by atoms with Crippen LogP contribution in [-0.4, -0.2) is 133 Å². The van der Waals surface area contributed by atoms with Gasteiger partial charge in [-0.05, 0) is 35.7 Å². The molecule has 0 saturated carbocycles. The van der Waals surface area contributed by atoms with Crippen molar-refractivity contribution in [1.82, 2.24) is 20.5 Å². The summed E-state index contributed by atoms with van der Waals surface area (Å²) in [6.45, 7) is 13.8. The molecular formula is C42H60N6O7. The van der Waals surface area contributed by atoms with E-state index in [1.807, 2.05) is 59.6 Å². The number of anilines is 1. The van der Waals surface area contributed by atoms with Crippen molar-refractivity contribution in [1.29, 1.82) is 0 Å². The van der Waals surface area contributed by atoms with Gasteiger partial charge in [0.1, 0.15) is 12.4 Å². The van der Waals surface area contributed by atoms with Crippen molar-refractivity contribution < 1.29 is 33.3 Å². The molecule has 1 fully saturated rings. The van der Waals surface area contributed by atoms with Crippen LogP contribution in [0.3, 0.4) is 0 Å². The summed E-state index contributed by atoms with van der Waals surface area (Å²) in [5, 5.41) is 6.74. The number of hydrogen-bond acceptors (Lipinski definition) is 11. The monoisotopic (exact) mass is 760 g/mol. The number of benzene rings is 2. The molecule has 1 saturated heterocycles. The van der Waals surface area contributed by atoms with Crippen LogP contribution in [0, 0.1) is 0 Å². The highest BCUT2D eigenvalue weighted by molar-refractivity contribution is 5.97. The molecule has 0 bridgehead atoms. The quantitative estimate of drug-likeness (QED) is 0.123. The number of piperazine rings is 1. The standard InChI is InChI=1S/C42H60N6O7/c1-31-27-47(35(25-45-31)29-51-4)28-39(49)48-30-42(2,3)40-37(48)23-32(24-46-40)22-34-12-8-9-13-38(34)55-21-20-54-19-18-53-17-16-52-15-14-44-26-36(41(43)50)33-10-6-5-7-11-33/h5-13,23-24,31,35-36,44-45H,14-22,25-30H2,1-4H3,(H2,43,50)/t31-,35-,36?/m1/s1. The number of ether oxygens (including phenoxy) is 5. The van der Waals surface area contributed by atoms with Crippen LogP contribution in [0.15, 0.2) is 66.9 Å². The molecule has 0 aliphatic carbocycles. The number of pyridine rings is 1. The lowest BCUT2D eigenvalue weighted by atomic mass is 9.91. The van der Waals surface area contributed by atoms with Gasteiger partial charge in [-0.1, -0.05) is 62.4 Å². The molecule has 3 atom stereocenters. The van der Waals surface area contributed by atoms with Gasteiger partial charge in [0.15, 0.2) is 0 Å². The van der Waals surface area contributed by atoms with Gasteiger partial charge in [0.05, 0.1) is 70.1 Å². The first kappa shape index (κ1) is 42.2. The van der Waals surface area contributed by atoms with Crippen molar-refractivity contribution in [2.45, 2.75) is 50.6 Å². The van der Waals surface area contributed by atoms with Gasteiger partial charge >= 0.3 is 0 Å². The number of nitrogens with two attached hydrogens (primary N) is 1. The lowest BCUT2D eigenvalue weighted by Gasteiger charge is -2.39. The SMILES string of the molecule is COC[C@H]1CN[C@H](C)CN1CC(=O)N1CC(C)(C)c2ncc(Cc3ccccc3OCCOCCOCCOCCNCC(C(N)=O)c3ccccc3)cc21. The van der Waals surface area contributed by atoms with Crippen molar-refractivity contribution in [3.05, 3.63) is 89.2 Å². The molecular weight excluding hydrogens is 700 g/mol. The Kier molecular flexibility index (Phi) is 16.4. The Hall–Kier alpha value is -3.95. The number of para-hydroxylation sites is 1. The van der Waals surface area contributed by atoms with E-state index >= 15 is 0 Å². The fourth-order valence-corrected chi connectivity index (χ4v) is 7.16. The minimum atomic E-state index is -0.371. The zero-order valence-electron chi connectivity index (χ0n) is 33.0. The van der Waals surface area contributed by atoms with Crippen LogP contribution in [0.25, 0.3) is 0 Å². The summed E-state index contributed by atoms with van der Waals surface area (Å²) in [7, 11) is 1.71. The molecule has 0 spiro atoms. The van der Waals surface area contributed by atoms with Crippen LogP contribution in [0.4, 0.5) is 5.69 Å². The summed E-state index contributed by atoms with van der Waals surface area (Å²) in [4.78, 5) is 34.7. The molecule has 1 unspecified atom stereocenters. The minimum Gasteiger partial charge on any atom is -0.491 e. The highest BCUT2D eigenvalue weighted by Crippen LogP contribution is 2.40. The van der Waals surface area contributed by atoms with Crippen LogP contribution in [0.5, 0.6) is 5.75 Å². The normalized spacial score (nSPS) is 18.6. The molecule has 13 nitrogen and oxygen atoms in total. The van der Waals surface area contributed by atoms with Crippen molar-refractivity contribution in [3.63, 3.8) is 0 Å². The van der Waals surface area contributed by atoms with Gasteiger partial charge in [-0.3, -0.25) is 19.5 Å². The second kappa shape index (κ2) is 21.4. The van der Waals surface area contributed by atoms with E-state index in [0.717, 1.165) is 46.9 Å². The Labute approximate surface area is 326 Å². The number of fused-ring (bicyclic) bond motifs is 1. The molecule has 0 radical (unpaired) electrons. The summed E-state index contributed by atoms with van der Waals surface area (Å²) in [5.41, 5.74) is 10.1. The van der Waals surface area contributed by atoms with Crippen molar-refractivity contribution in [2.75, 3.05) is 104 Å². The Bertz CT molecular complexity index is 1640. The van der Waals surface area contributed by atoms with Gasteiger partial charge < -0.3 is 45.0 Å². The lowest BCUT2D eigenvalue weighted by Crippen LogP contribution is -2.59. The van der Waals surface area contributed by atoms with E-state index in [-0.39, 0.29) is 29.2 Å². The summed E-state index contributed by atoms with van der Waals surface area (Å²) < 4.78 is 28.6. The Morgan fingerprint density at radius 3 is 2.40 bits per heavy atom. The number of hydrogen-bond donors (Lipinski definition) is 3. The van der Waals surface area contributed by atoms with Crippen molar-refractivity contribution >= 4 is 17.5 Å². The molecule has 13 heteroatoms. The lowest BCUT2D eigenvalue weighted by molar-refractivity contribution is -0.121. The van der Waals surface area contributed by atoms with Gasteiger partial charge in [0.2, 0.25) is 11.8 Å². The molecule has 2 amide bonds.